The first-order chi connectivity index (χ1) is 12.9. The number of ether oxygens (including phenoxy) is 1. The van der Waals surface area contributed by atoms with Crippen LogP contribution in [0.4, 0.5) is 5.69 Å². The number of anilines is 1. The normalized spacial score (nSPS) is 11.0. The van der Waals surface area contributed by atoms with Crippen LogP contribution in [0.15, 0.2) is 36.5 Å². The summed E-state index contributed by atoms with van der Waals surface area (Å²) in [5, 5.41) is 7.90. The Kier molecular flexibility index (Phi) is 5.41. The van der Waals surface area contributed by atoms with Gasteiger partial charge in [-0.1, -0.05) is 23.7 Å². The van der Waals surface area contributed by atoms with Gasteiger partial charge in [-0.2, -0.15) is 5.10 Å². The van der Waals surface area contributed by atoms with Crippen molar-refractivity contribution in [2.24, 2.45) is 0 Å². The molecule has 0 atom stereocenters. The van der Waals surface area contributed by atoms with Crippen LogP contribution < -0.4 is 5.32 Å². The van der Waals surface area contributed by atoms with Crippen LogP contribution in [-0.4, -0.2) is 33.2 Å². The van der Waals surface area contributed by atoms with Gasteiger partial charge in [0.15, 0.2) is 12.3 Å². The second-order valence-corrected chi connectivity index (χ2v) is 6.74. The summed E-state index contributed by atoms with van der Waals surface area (Å²) in [5.41, 5.74) is 2.06. The first-order valence-electron chi connectivity index (χ1n) is 8.43. The minimum atomic E-state index is -0.608. The molecule has 0 saturated carbocycles. The number of amides is 1. The van der Waals surface area contributed by atoms with Crippen LogP contribution in [-0.2, 0) is 9.53 Å². The highest BCUT2D eigenvalue weighted by atomic mass is 35.5. The predicted octanol–water partition coefficient (Wildman–Crippen LogP) is 3.77. The molecule has 1 amide bonds. The van der Waals surface area contributed by atoms with E-state index in [-0.39, 0.29) is 6.04 Å². The Hall–Kier alpha value is -2.93. The number of esters is 1. The number of benzene rings is 1. The van der Waals surface area contributed by atoms with Crippen molar-refractivity contribution in [1.29, 1.82) is 0 Å². The van der Waals surface area contributed by atoms with Gasteiger partial charge in [-0.05, 0) is 39.0 Å². The SMILES string of the molecule is Cc1cc(C(=O)OCC(=O)Nc2ccccc2Cl)c2cnn(C(C)C)c2n1. The van der Waals surface area contributed by atoms with Gasteiger partial charge in [-0.25, -0.2) is 14.5 Å². The van der Waals surface area contributed by atoms with Gasteiger partial charge >= 0.3 is 5.97 Å². The number of hydrogen-bond acceptors (Lipinski definition) is 5. The second kappa shape index (κ2) is 7.75. The van der Waals surface area contributed by atoms with Gasteiger partial charge in [0.25, 0.3) is 5.91 Å². The maximum Gasteiger partial charge on any atom is 0.339 e. The van der Waals surface area contributed by atoms with Crippen molar-refractivity contribution < 1.29 is 14.3 Å². The lowest BCUT2D eigenvalue weighted by Crippen LogP contribution is -2.21. The van der Waals surface area contributed by atoms with E-state index in [9.17, 15) is 9.59 Å². The fourth-order valence-electron chi connectivity index (χ4n) is 2.65. The van der Waals surface area contributed by atoms with E-state index in [0.29, 0.717) is 33.0 Å². The lowest BCUT2D eigenvalue weighted by molar-refractivity contribution is -0.119. The number of aryl methyl sites for hydroxylation is 1. The van der Waals surface area contributed by atoms with Crippen LogP contribution in [0.3, 0.4) is 0 Å². The first-order valence-corrected chi connectivity index (χ1v) is 8.81. The van der Waals surface area contributed by atoms with Crippen molar-refractivity contribution >= 4 is 40.2 Å². The van der Waals surface area contributed by atoms with Crippen LogP contribution in [0, 0.1) is 6.92 Å². The predicted molar refractivity (Wildman–Crippen MR) is 103 cm³/mol. The molecule has 2 heterocycles. The fraction of sp³-hybridized carbons (Fsp3) is 0.263. The molecule has 1 aromatic carbocycles. The molecule has 0 radical (unpaired) electrons. The van der Waals surface area contributed by atoms with Crippen molar-refractivity contribution in [1.82, 2.24) is 14.8 Å². The number of nitrogens with one attached hydrogen (secondary N) is 1. The van der Waals surface area contributed by atoms with E-state index >= 15 is 0 Å². The molecule has 7 nitrogen and oxygen atoms in total. The quantitative estimate of drug-likeness (QED) is 0.674. The van der Waals surface area contributed by atoms with Crippen molar-refractivity contribution in [3.63, 3.8) is 0 Å². The third-order valence-electron chi connectivity index (χ3n) is 3.89. The maximum absolute atomic E-state index is 12.5. The summed E-state index contributed by atoms with van der Waals surface area (Å²) in [7, 11) is 0. The Labute approximate surface area is 161 Å². The van der Waals surface area contributed by atoms with Gasteiger partial charge in [-0.15, -0.1) is 0 Å². The van der Waals surface area contributed by atoms with Gasteiger partial charge in [0.05, 0.1) is 27.9 Å². The molecule has 8 heteroatoms. The lowest BCUT2D eigenvalue weighted by Gasteiger charge is -2.10. The Balaban J connectivity index is 1.75. The van der Waals surface area contributed by atoms with Gasteiger partial charge in [0.1, 0.15) is 0 Å². The monoisotopic (exact) mass is 386 g/mol. The standard InChI is InChI=1S/C19H19ClN4O3/c1-11(2)24-18-14(9-21-24)13(8-12(3)22-18)19(26)27-10-17(25)23-16-7-5-4-6-15(16)20/h4-9,11H,10H2,1-3H3,(H,23,25). The molecule has 3 rings (SSSR count). The van der Waals surface area contributed by atoms with Crippen molar-refractivity contribution in [2.75, 3.05) is 11.9 Å². The largest absolute Gasteiger partial charge is 0.452 e. The van der Waals surface area contributed by atoms with E-state index in [4.69, 9.17) is 16.3 Å². The average molecular weight is 387 g/mol. The second-order valence-electron chi connectivity index (χ2n) is 6.34. The minimum absolute atomic E-state index is 0.0991. The maximum atomic E-state index is 12.5. The number of pyridine rings is 1. The summed E-state index contributed by atoms with van der Waals surface area (Å²) >= 11 is 6.00. The van der Waals surface area contributed by atoms with Crippen LogP contribution in [0.5, 0.6) is 0 Å². The van der Waals surface area contributed by atoms with E-state index in [1.54, 1.807) is 48.1 Å². The smallest absolute Gasteiger partial charge is 0.339 e. The van der Waals surface area contributed by atoms with Crippen LogP contribution in [0.25, 0.3) is 11.0 Å². The van der Waals surface area contributed by atoms with Crippen LogP contribution in [0.2, 0.25) is 5.02 Å². The number of fused-ring (bicyclic) bond motifs is 1. The summed E-state index contributed by atoms with van der Waals surface area (Å²) in [6, 6.07) is 8.55. The highest BCUT2D eigenvalue weighted by molar-refractivity contribution is 6.33. The molecule has 0 unspecified atom stereocenters. The van der Waals surface area contributed by atoms with Gasteiger partial charge in [0, 0.05) is 11.7 Å². The van der Waals surface area contributed by atoms with Gasteiger partial charge in [-0.3, -0.25) is 4.79 Å². The van der Waals surface area contributed by atoms with E-state index in [1.807, 2.05) is 13.8 Å². The summed E-state index contributed by atoms with van der Waals surface area (Å²) in [5.74, 6) is -1.08. The summed E-state index contributed by atoms with van der Waals surface area (Å²) in [6.45, 7) is 5.32. The van der Waals surface area contributed by atoms with Gasteiger partial charge < -0.3 is 10.1 Å². The molecule has 2 aromatic heterocycles. The number of carbonyl (C=O) groups excluding carboxylic acids is 2. The molecule has 0 saturated heterocycles. The van der Waals surface area contributed by atoms with Crippen molar-refractivity contribution in [3.05, 3.63) is 52.8 Å². The topological polar surface area (TPSA) is 86.1 Å². The van der Waals surface area contributed by atoms with E-state index in [0.717, 1.165) is 0 Å². The third kappa shape index (κ3) is 4.09. The highest BCUT2D eigenvalue weighted by Gasteiger charge is 2.19. The van der Waals surface area contributed by atoms with Crippen LogP contribution in [0.1, 0.15) is 35.9 Å². The molecule has 140 valence electrons. The summed E-state index contributed by atoms with van der Waals surface area (Å²) < 4.78 is 6.92. The Morgan fingerprint density at radius 1 is 1.30 bits per heavy atom. The molecular weight excluding hydrogens is 368 g/mol. The number of hydrogen-bond donors (Lipinski definition) is 1. The van der Waals surface area contributed by atoms with Gasteiger partial charge in [0.2, 0.25) is 0 Å². The highest BCUT2D eigenvalue weighted by Crippen LogP contribution is 2.22. The molecule has 1 N–H and O–H groups in total. The molecule has 0 spiro atoms. The van der Waals surface area contributed by atoms with E-state index < -0.39 is 18.5 Å². The fourth-order valence-corrected chi connectivity index (χ4v) is 2.83. The Morgan fingerprint density at radius 2 is 2.04 bits per heavy atom. The molecule has 0 aliphatic rings. The molecule has 0 fully saturated rings. The minimum Gasteiger partial charge on any atom is -0.452 e. The summed E-state index contributed by atoms with van der Waals surface area (Å²) in [4.78, 5) is 29.0. The van der Waals surface area contributed by atoms with Crippen molar-refractivity contribution in [3.8, 4) is 0 Å². The molecule has 3 aromatic rings. The molecule has 27 heavy (non-hydrogen) atoms. The first kappa shape index (κ1) is 18.8. The lowest BCUT2D eigenvalue weighted by atomic mass is 10.1. The Morgan fingerprint density at radius 3 is 2.74 bits per heavy atom. The number of para-hydroxylation sites is 1. The molecule has 0 aliphatic heterocycles. The van der Waals surface area contributed by atoms with E-state index in [2.05, 4.69) is 15.4 Å². The number of rotatable bonds is 5. The molecule has 0 bridgehead atoms. The third-order valence-corrected chi connectivity index (χ3v) is 4.22. The number of nitrogens with zero attached hydrogens (tertiary/aromatic N) is 3. The van der Waals surface area contributed by atoms with Crippen LogP contribution >= 0.6 is 11.6 Å². The van der Waals surface area contributed by atoms with Crippen molar-refractivity contribution in [2.45, 2.75) is 26.8 Å². The summed E-state index contributed by atoms with van der Waals surface area (Å²) in [6.07, 6.45) is 1.59. The zero-order valence-electron chi connectivity index (χ0n) is 15.2. The van der Waals surface area contributed by atoms with E-state index in [1.165, 1.54) is 0 Å². The number of halogens is 1. The zero-order valence-corrected chi connectivity index (χ0v) is 15.9. The number of aromatic nitrogens is 3. The number of carbonyl (C=O) groups is 2. The zero-order chi connectivity index (χ0) is 19.6. The Bertz CT molecular complexity index is 1010. The average Bonchev–Trinajstić information content (AvgIpc) is 3.05. The molecule has 0 aliphatic carbocycles. The molecular formula is C19H19ClN4O3.